The highest BCUT2D eigenvalue weighted by Crippen LogP contribution is 2.34. The molecule has 0 aliphatic heterocycles. The van der Waals surface area contributed by atoms with E-state index < -0.39 is 8.07 Å². The lowest BCUT2D eigenvalue weighted by Crippen LogP contribution is -2.26. The Morgan fingerprint density at radius 1 is 0.941 bits per heavy atom. The van der Waals surface area contributed by atoms with E-state index in [1.54, 1.807) is 0 Å². The maximum Gasteiger partial charge on any atom is 0.0561 e. The van der Waals surface area contributed by atoms with Crippen molar-refractivity contribution >= 4 is 8.07 Å². The minimum atomic E-state index is -1.20. The van der Waals surface area contributed by atoms with Crippen molar-refractivity contribution in [2.24, 2.45) is 0 Å². The summed E-state index contributed by atoms with van der Waals surface area (Å²) in [5.74, 6) is 0. The van der Waals surface area contributed by atoms with Crippen molar-refractivity contribution in [1.82, 2.24) is 0 Å². The van der Waals surface area contributed by atoms with Crippen LogP contribution >= 0.6 is 0 Å². The van der Waals surface area contributed by atoms with Crippen LogP contribution in [0.15, 0.2) is 34.4 Å². The van der Waals surface area contributed by atoms with E-state index in [0.717, 1.165) is 12.8 Å². The third-order valence-corrected chi connectivity index (χ3v) is 6.33. The summed E-state index contributed by atoms with van der Waals surface area (Å²) in [4.78, 5) is 0. The van der Waals surface area contributed by atoms with Gasteiger partial charge in [-0.1, -0.05) is 36.4 Å². The second kappa shape index (κ2) is 4.81. The molecule has 0 heterocycles. The third-order valence-electron chi connectivity index (χ3n) is 3.71. The predicted molar refractivity (Wildman–Crippen MR) is 77.4 cm³/mol. The van der Waals surface area contributed by atoms with Gasteiger partial charge in [-0.15, -0.1) is 0 Å². The molecule has 17 heavy (non-hydrogen) atoms. The molecule has 0 fully saturated rings. The second-order valence-corrected chi connectivity index (χ2v) is 11.0. The van der Waals surface area contributed by atoms with Gasteiger partial charge >= 0.3 is 0 Å². The molecule has 0 N–H and O–H groups in total. The lowest BCUT2D eigenvalue weighted by molar-refractivity contribution is 1.23. The Labute approximate surface area is 107 Å². The molecule has 2 aliphatic carbocycles. The van der Waals surface area contributed by atoms with E-state index in [1.165, 1.54) is 34.4 Å². The fourth-order valence-corrected chi connectivity index (χ4v) is 5.45. The predicted octanol–water partition coefficient (Wildman–Crippen LogP) is 4.85. The maximum atomic E-state index is 3.51. The standard InChI is InChI=1S/C16H22Si/c1-13-7-5-9-15(13)11-17(3,4)12-16-10-6-8-14(16)2/h7-8H,5-6,11-12H2,1-4H3. The van der Waals surface area contributed by atoms with Gasteiger partial charge in [0.25, 0.3) is 0 Å². The van der Waals surface area contributed by atoms with Crippen LogP contribution < -0.4 is 0 Å². The zero-order chi connectivity index (χ0) is 12.5. The average Bonchev–Trinajstić information content (AvgIpc) is 2.78. The summed E-state index contributed by atoms with van der Waals surface area (Å²) in [6.45, 7) is 9.44. The van der Waals surface area contributed by atoms with Gasteiger partial charge in [0.1, 0.15) is 0 Å². The van der Waals surface area contributed by atoms with Gasteiger partial charge in [-0.3, -0.25) is 0 Å². The number of allylic oxidation sites excluding steroid dienone is 8. The van der Waals surface area contributed by atoms with Crippen molar-refractivity contribution in [3.63, 3.8) is 0 Å². The second-order valence-electron chi connectivity index (χ2n) is 6.01. The molecule has 0 amide bonds. The molecule has 0 saturated heterocycles. The minimum absolute atomic E-state index is 1.03. The Morgan fingerprint density at radius 2 is 1.35 bits per heavy atom. The van der Waals surface area contributed by atoms with Crippen LogP contribution in [0.5, 0.6) is 0 Å². The number of rotatable bonds is 4. The molecule has 0 bridgehead atoms. The first-order valence-electron chi connectivity index (χ1n) is 6.52. The summed E-state index contributed by atoms with van der Waals surface area (Å²) < 4.78 is 0. The number of hydrogen-bond donors (Lipinski definition) is 0. The van der Waals surface area contributed by atoms with Crippen molar-refractivity contribution in [2.75, 3.05) is 0 Å². The first kappa shape index (κ1) is 12.6. The quantitative estimate of drug-likeness (QED) is 0.618. The Hall–Kier alpha value is -0.823. The molecule has 0 atom stereocenters. The molecule has 0 nitrogen and oxygen atoms in total. The summed E-state index contributed by atoms with van der Waals surface area (Å²) >= 11 is 0. The molecule has 0 saturated carbocycles. The highest BCUT2D eigenvalue weighted by molar-refractivity contribution is 6.78. The Kier molecular flexibility index (Phi) is 3.57. The molecule has 0 aromatic carbocycles. The van der Waals surface area contributed by atoms with E-state index in [1.807, 2.05) is 0 Å². The highest BCUT2D eigenvalue weighted by Gasteiger charge is 2.26. The van der Waals surface area contributed by atoms with Gasteiger partial charge in [0.05, 0.1) is 8.07 Å². The van der Waals surface area contributed by atoms with E-state index >= 15 is 0 Å². The van der Waals surface area contributed by atoms with Crippen molar-refractivity contribution < 1.29 is 0 Å². The van der Waals surface area contributed by atoms with Crippen LogP contribution in [0.4, 0.5) is 0 Å². The van der Waals surface area contributed by atoms with Crippen molar-refractivity contribution in [3.8, 4) is 0 Å². The SMILES string of the molecule is CC1=CC[C]=C1C[Si](C)(C)CC1=[C]CC=C1C. The lowest BCUT2D eigenvalue weighted by atomic mass is 10.2. The molecule has 2 radical (unpaired) electrons. The third kappa shape index (κ3) is 3.10. The molecular weight excluding hydrogens is 220 g/mol. The van der Waals surface area contributed by atoms with Crippen LogP contribution in [0.2, 0.25) is 25.2 Å². The molecule has 0 spiro atoms. The molecule has 90 valence electrons. The zero-order valence-corrected chi connectivity index (χ0v) is 12.5. The van der Waals surface area contributed by atoms with Crippen LogP contribution in [0.1, 0.15) is 26.7 Å². The van der Waals surface area contributed by atoms with Gasteiger partial charge in [-0.05, 0) is 62.1 Å². The van der Waals surface area contributed by atoms with E-state index in [2.05, 4.69) is 51.2 Å². The van der Waals surface area contributed by atoms with Crippen LogP contribution in [-0.4, -0.2) is 8.07 Å². The van der Waals surface area contributed by atoms with E-state index in [-0.39, 0.29) is 0 Å². The molecule has 1 heteroatoms. The van der Waals surface area contributed by atoms with E-state index in [0.29, 0.717) is 0 Å². The van der Waals surface area contributed by atoms with Gasteiger partial charge in [0.15, 0.2) is 0 Å². The summed E-state index contributed by atoms with van der Waals surface area (Å²) in [6, 6.07) is 2.54. The normalized spacial score (nSPS) is 20.0. The van der Waals surface area contributed by atoms with Crippen LogP contribution in [0.3, 0.4) is 0 Å². The largest absolute Gasteiger partial charge is 0.0769 e. The Balaban J connectivity index is 2.00. The first-order valence-corrected chi connectivity index (χ1v) is 9.93. The number of hydrogen-bond acceptors (Lipinski definition) is 0. The van der Waals surface area contributed by atoms with E-state index in [4.69, 9.17) is 0 Å². The smallest absolute Gasteiger partial charge is 0.0561 e. The van der Waals surface area contributed by atoms with Gasteiger partial charge in [0.2, 0.25) is 0 Å². The summed E-state index contributed by atoms with van der Waals surface area (Å²) in [6.07, 6.45) is 13.7. The lowest BCUT2D eigenvalue weighted by Gasteiger charge is -2.24. The fraction of sp³-hybridized carbons (Fsp3) is 0.500. The van der Waals surface area contributed by atoms with E-state index in [9.17, 15) is 0 Å². The van der Waals surface area contributed by atoms with Crippen molar-refractivity contribution in [3.05, 3.63) is 46.6 Å². The molecule has 0 aromatic heterocycles. The van der Waals surface area contributed by atoms with Gasteiger partial charge in [-0.25, -0.2) is 0 Å². The van der Waals surface area contributed by atoms with Crippen molar-refractivity contribution in [1.29, 1.82) is 0 Å². The summed E-state index contributed by atoms with van der Waals surface area (Å²) in [7, 11) is -1.20. The molecule has 0 aromatic rings. The maximum absolute atomic E-state index is 3.51. The Bertz CT molecular complexity index is 390. The molecule has 0 unspecified atom stereocenters. The van der Waals surface area contributed by atoms with Crippen molar-refractivity contribution in [2.45, 2.75) is 51.9 Å². The monoisotopic (exact) mass is 242 g/mol. The Morgan fingerprint density at radius 3 is 1.65 bits per heavy atom. The summed E-state index contributed by atoms with van der Waals surface area (Å²) in [5.41, 5.74) is 5.90. The highest BCUT2D eigenvalue weighted by atomic mass is 28.3. The topological polar surface area (TPSA) is 0 Å². The summed E-state index contributed by atoms with van der Waals surface area (Å²) in [5, 5.41) is 0. The first-order chi connectivity index (χ1) is 7.98. The average molecular weight is 242 g/mol. The molecular formula is C16H22Si. The van der Waals surface area contributed by atoms with Crippen LogP contribution in [-0.2, 0) is 0 Å². The van der Waals surface area contributed by atoms with Gasteiger partial charge in [-0.2, -0.15) is 0 Å². The van der Waals surface area contributed by atoms with Gasteiger partial charge in [0, 0.05) is 0 Å². The fourth-order valence-electron chi connectivity index (χ4n) is 2.60. The molecule has 2 aliphatic rings. The zero-order valence-electron chi connectivity index (χ0n) is 11.5. The minimum Gasteiger partial charge on any atom is -0.0769 e. The van der Waals surface area contributed by atoms with Crippen LogP contribution in [0.25, 0.3) is 0 Å². The van der Waals surface area contributed by atoms with Gasteiger partial charge < -0.3 is 0 Å². The van der Waals surface area contributed by atoms with Crippen LogP contribution in [0, 0.1) is 12.2 Å². The molecule has 2 rings (SSSR count).